The topological polar surface area (TPSA) is 226 Å². The fourth-order valence-corrected chi connectivity index (χ4v) is 7.61. The zero-order valence-corrected chi connectivity index (χ0v) is 42.3. The second-order valence-electron chi connectivity index (χ2n) is 17.3. The number of aliphatic hydroxyl groups excluding tert-OH is 1. The molecule has 0 fully saturated rings. The van der Waals surface area contributed by atoms with Gasteiger partial charge in [0.1, 0.15) is 34.5 Å². The van der Waals surface area contributed by atoms with E-state index in [0.29, 0.717) is 47.1 Å². The average Bonchev–Trinajstić information content (AvgIpc) is 4.29. The fraction of sp³-hybridized carbons (Fsp3) is 0.214. The molecule has 10 rings (SSSR count). The molecule has 0 aliphatic carbocycles. The Bertz CT molecular complexity index is 3280. The largest absolute Gasteiger partial charge is 0.396 e. The maximum atomic E-state index is 13.9. The molecule has 21 heteroatoms. The first-order valence-electron chi connectivity index (χ1n) is 25.1. The lowest BCUT2D eigenvalue weighted by atomic mass is 10.2. The van der Waals surface area contributed by atoms with Crippen LogP contribution in [0.4, 0.5) is 31.0 Å². The van der Waals surface area contributed by atoms with Gasteiger partial charge >= 0.3 is 0 Å². The molecule has 0 bridgehead atoms. The molecule has 18 nitrogen and oxygen atoms in total. The zero-order chi connectivity index (χ0) is 53.6. The van der Waals surface area contributed by atoms with Crippen molar-refractivity contribution < 1.29 is 18.3 Å². The minimum atomic E-state index is -0.331. The lowest BCUT2D eigenvalue weighted by molar-refractivity contribution is 0.283. The van der Waals surface area contributed by atoms with Gasteiger partial charge in [-0.05, 0) is 112 Å². The molecular weight excluding hydrogens is 984 g/mol. The number of unbranched alkanes of at least 4 members (excludes halogenated alkanes) is 4. The summed E-state index contributed by atoms with van der Waals surface area (Å²) >= 11 is 0. The van der Waals surface area contributed by atoms with Gasteiger partial charge < -0.3 is 26.8 Å². The molecule has 0 aliphatic heterocycles. The second kappa shape index (κ2) is 27.9. The van der Waals surface area contributed by atoms with Crippen LogP contribution in [0, 0.1) is 24.4 Å². The number of anilines is 3. The Hall–Kier alpha value is -9.21. The second-order valence-corrected chi connectivity index (χ2v) is 17.3. The smallest absolute Gasteiger partial charge is 0.223 e. The van der Waals surface area contributed by atoms with Gasteiger partial charge in [0, 0.05) is 79.8 Å². The Morgan fingerprint density at radius 1 is 0.468 bits per heavy atom. The molecule has 0 saturated carbocycles. The van der Waals surface area contributed by atoms with Crippen molar-refractivity contribution in [2.75, 3.05) is 42.2 Å². The van der Waals surface area contributed by atoms with E-state index in [1.165, 1.54) is 32.2 Å². The highest BCUT2D eigenvalue weighted by molar-refractivity contribution is 5.61. The van der Waals surface area contributed by atoms with Crippen LogP contribution in [0.25, 0.3) is 50.8 Å². The van der Waals surface area contributed by atoms with E-state index in [1.54, 1.807) is 129 Å². The van der Waals surface area contributed by atoms with Gasteiger partial charge in [-0.3, -0.25) is 4.98 Å². The summed E-state index contributed by atoms with van der Waals surface area (Å²) in [6.45, 7) is 5.04. The van der Waals surface area contributed by atoms with E-state index in [2.05, 4.69) is 66.1 Å². The molecule has 0 amide bonds. The lowest BCUT2D eigenvalue weighted by Crippen LogP contribution is -2.06. The molecular formula is C56H58F3N17O. The van der Waals surface area contributed by atoms with Crippen molar-refractivity contribution in [3.8, 4) is 50.8 Å². The molecule has 0 unspecified atom stereocenters. The van der Waals surface area contributed by atoms with Gasteiger partial charge in [-0.25, -0.2) is 57.1 Å². The van der Waals surface area contributed by atoms with Crippen molar-refractivity contribution in [1.82, 2.24) is 64.2 Å². The molecule has 0 spiro atoms. The summed E-state index contributed by atoms with van der Waals surface area (Å²) in [5, 5.41) is 31.0. The molecule has 3 aromatic carbocycles. The number of nitrogens with one attached hydrogen (secondary N) is 3. The van der Waals surface area contributed by atoms with Crippen molar-refractivity contribution in [2.24, 2.45) is 5.73 Å². The van der Waals surface area contributed by atoms with E-state index in [4.69, 9.17) is 10.8 Å². The van der Waals surface area contributed by atoms with Gasteiger partial charge in [0.15, 0.2) is 0 Å². The molecule has 394 valence electrons. The fourth-order valence-electron chi connectivity index (χ4n) is 7.61. The quantitative estimate of drug-likeness (QED) is 0.0422. The van der Waals surface area contributed by atoms with E-state index >= 15 is 0 Å². The van der Waals surface area contributed by atoms with Gasteiger partial charge in [-0.1, -0.05) is 48.9 Å². The maximum absolute atomic E-state index is 13.9. The Morgan fingerprint density at radius 2 is 0.883 bits per heavy atom. The van der Waals surface area contributed by atoms with Crippen LogP contribution in [0.2, 0.25) is 0 Å². The van der Waals surface area contributed by atoms with E-state index in [9.17, 15) is 13.2 Å². The number of halogens is 3. The number of benzene rings is 3. The van der Waals surface area contributed by atoms with Crippen molar-refractivity contribution in [1.29, 1.82) is 0 Å². The predicted molar refractivity (Wildman–Crippen MR) is 291 cm³/mol. The first kappa shape index (κ1) is 54.1. The van der Waals surface area contributed by atoms with Crippen LogP contribution in [0.5, 0.6) is 0 Å². The van der Waals surface area contributed by atoms with Gasteiger partial charge in [0.25, 0.3) is 0 Å². The molecule has 0 atom stereocenters. The maximum Gasteiger partial charge on any atom is 0.223 e. The number of aromatic nitrogens is 13. The Morgan fingerprint density at radius 3 is 1.29 bits per heavy atom. The normalized spacial score (nSPS) is 10.8. The summed E-state index contributed by atoms with van der Waals surface area (Å²) in [6.07, 6.45) is 22.9. The van der Waals surface area contributed by atoms with Crippen LogP contribution >= 0.6 is 0 Å². The third-order valence-corrected chi connectivity index (χ3v) is 11.7. The predicted octanol–water partition coefficient (Wildman–Crippen LogP) is 9.84. The highest BCUT2D eigenvalue weighted by Crippen LogP contribution is 2.23. The van der Waals surface area contributed by atoms with Crippen molar-refractivity contribution >= 4 is 17.8 Å². The molecule has 10 aromatic rings. The summed E-state index contributed by atoms with van der Waals surface area (Å²) in [5.41, 5.74) is 13.2. The zero-order valence-electron chi connectivity index (χ0n) is 42.3. The Kier molecular flexibility index (Phi) is 19.6. The summed E-state index contributed by atoms with van der Waals surface area (Å²) < 4.78 is 46.2. The standard InChI is InChI=1S/C20H17FN6.C18H21FN6.C18H20FN5O/c1-14-5-4-9-22-18(14)12-24-20-23-10-8-17(26-20)15-11-25-27(13-15)19-7-3-2-6-16(19)21;19-15-6-2-3-7-17(15)25-13-14(12-23-25)16-8-11-22-18(24-16)21-10-5-1-4-9-20;19-15-6-2-3-7-17(15)24-13-14(12-22-24)16-8-10-21-18(23-16)20-9-4-1-5-11-25/h2-11,13H,12H2,1H3,(H,23,24,26);2-3,6-8,11-13H,1,4-5,9-10,20H2,(H,21,22,24);2-3,6-8,10,12-13,25H,1,4-5,9,11H2,(H,20,21,23). The summed E-state index contributed by atoms with van der Waals surface area (Å²) in [4.78, 5) is 30.5. The molecule has 0 saturated heterocycles. The summed E-state index contributed by atoms with van der Waals surface area (Å²) in [6, 6.07) is 28.8. The average molecular weight is 1040 g/mol. The van der Waals surface area contributed by atoms with Gasteiger partial charge in [0.2, 0.25) is 17.8 Å². The highest BCUT2D eigenvalue weighted by atomic mass is 19.1. The minimum absolute atomic E-state index is 0.220. The van der Waals surface area contributed by atoms with Crippen molar-refractivity contribution in [3.63, 3.8) is 0 Å². The molecule has 0 aliphatic rings. The van der Waals surface area contributed by atoms with Crippen LogP contribution in [0.15, 0.2) is 165 Å². The van der Waals surface area contributed by atoms with Crippen molar-refractivity contribution in [2.45, 2.75) is 52.0 Å². The number of nitrogens with two attached hydrogens (primary N) is 1. The first-order valence-corrected chi connectivity index (χ1v) is 25.1. The number of hydrogen-bond acceptors (Lipinski definition) is 15. The van der Waals surface area contributed by atoms with Crippen LogP contribution in [-0.4, -0.2) is 95.6 Å². The molecule has 77 heavy (non-hydrogen) atoms. The number of aryl methyl sites for hydroxylation is 1. The Labute approximate surface area is 443 Å². The SMILES string of the molecule is Cc1cccnc1CNc1nccc(-c2cnn(-c3ccccc3F)c2)n1.NCCCCCNc1nccc(-c2cnn(-c3ccccc3F)c2)n1.OCCCCCNc1nccc(-c2cnn(-c3ccccc3F)c2)n1. The third-order valence-electron chi connectivity index (χ3n) is 11.7. The first-order chi connectivity index (χ1) is 37.8. The molecule has 7 heterocycles. The minimum Gasteiger partial charge on any atom is -0.396 e. The Balaban J connectivity index is 0.000000153. The number of rotatable bonds is 21. The van der Waals surface area contributed by atoms with E-state index in [1.807, 2.05) is 25.1 Å². The lowest BCUT2D eigenvalue weighted by Gasteiger charge is -2.07. The number of para-hydroxylation sites is 3. The highest BCUT2D eigenvalue weighted by Gasteiger charge is 2.13. The van der Waals surface area contributed by atoms with E-state index in [-0.39, 0.29) is 24.1 Å². The van der Waals surface area contributed by atoms with Crippen LogP contribution in [-0.2, 0) is 6.54 Å². The molecule has 7 aromatic heterocycles. The van der Waals surface area contributed by atoms with Gasteiger partial charge in [0.05, 0.1) is 47.9 Å². The van der Waals surface area contributed by atoms with Crippen LogP contribution < -0.4 is 21.7 Å². The van der Waals surface area contributed by atoms with Gasteiger partial charge in [-0.15, -0.1) is 0 Å². The van der Waals surface area contributed by atoms with Crippen LogP contribution in [0.3, 0.4) is 0 Å². The molecule has 0 radical (unpaired) electrons. The van der Waals surface area contributed by atoms with E-state index < -0.39 is 0 Å². The van der Waals surface area contributed by atoms with Crippen LogP contribution in [0.1, 0.15) is 49.8 Å². The van der Waals surface area contributed by atoms with Crippen molar-refractivity contribution in [3.05, 3.63) is 194 Å². The molecule has 6 N–H and O–H groups in total. The number of pyridine rings is 1. The van der Waals surface area contributed by atoms with Gasteiger partial charge in [-0.2, -0.15) is 15.3 Å². The monoisotopic (exact) mass is 1040 g/mol. The third kappa shape index (κ3) is 15.4. The summed E-state index contributed by atoms with van der Waals surface area (Å²) in [5.74, 6) is 0.632. The number of aliphatic hydroxyl groups is 1. The summed E-state index contributed by atoms with van der Waals surface area (Å²) in [7, 11) is 0. The number of hydrogen-bond donors (Lipinski definition) is 5. The van der Waals surface area contributed by atoms with E-state index in [0.717, 1.165) is 97.5 Å². The number of nitrogens with zero attached hydrogens (tertiary/aromatic N) is 13.